The van der Waals surface area contributed by atoms with E-state index in [9.17, 15) is 0 Å². The van der Waals surface area contributed by atoms with Crippen LogP contribution in [0.25, 0.3) is 0 Å². The smallest absolute Gasteiger partial charge is 0.169 e. The van der Waals surface area contributed by atoms with Crippen molar-refractivity contribution in [3.8, 4) is 17.2 Å². The minimum absolute atomic E-state index is 0.111. The number of hydrogen-bond donors (Lipinski definition) is 0. The second kappa shape index (κ2) is 10.8. The lowest BCUT2D eigenvalue weighted by atomic mass is 9.43. The minimum Gasteiger partial charge on any atom is -0.490 e. The van der Waals surface area contributed by atoms with Gasteiger partial charge in [-0.15, -0.1) is 0 Å². The Balaban J connectivity index is 1.11. The van der Waals surface area contributed by atoms with Crippen molar-refractivity contribution in [2.24, 2.45) is 53.3 Å². The summed E-state index contributed by atoms with van der Waals surface area (Å²) in [5, 5.41) is 0. The van der Waals surface area contributed by atoms with E-state index in [2.05, 4.69) is 0 Å². The highest BCUT2D eigenvalue weighted by atomic mass is 16.6. The summed E-state index contributed by atoms with van der Waals surface area (Å²) in [6.45, 7) is 4.43. The zero-order chi connectivity index (χ0) is 33.1. The monoisotopic (exact) mass is 696 g/mol. The van der Waals surface area contributed by atoms with Crippen LogP contribution in [0.5, 0.6) is 17.2 Å². The van der Waals surface area contributed by atoms with Gasteiger partial charge in [-0.05, 0) is 169 Å². The summed E-state index contributed by atoms with van der Waals surface area (Å²) in [4.78, 5) is 0. The average Bonchev–Trinajstić information content (AvgIpc) is 3.93. The Hall–Kier alpha value is -1.50. The fourth-order valence-corrected chi connectivity index (χ4v) is 16.9. The van der Waals surface area contributed by atoms with Crippen molar-refractivity contribution >= 4 is 0 Å². The SMILES string of the molecule is C1C2CC3CC1CC(c1c(OCC4CO4)c(OCC4CO4)c(C45CC6CC(CC(C6)C4)C5)c(C45CC6CC(CC(C6)C4)C5)c1OCC1CO1)(C2)C3. The first-order valence-corrected chi connectivity index (χ1v) is 22.0. The fraction of sp³-hybridized carbons (Fsp3) is 0.867. The van der Waals surface area contributed by atoms with Crippen molar-refractivity contribution in [1.82, 2.24) is 0 Å². The summed E-state index contributed by atoms with van der Waals surface area (Å²) in [5.74, 6) is 11.3. The molecule has 15 fully saturated rings. The summed E-state index contributed by atoms with van der Waals surface area (Å²) in [6.07, 6.45) is 25.7. The molecule has 3 saturated heterocycles. The molecule has 3 atom stereocenters. The fourth-order valence-electron chi connectivity index (χ4n) is 16.9. The quantitative estimate of drug-likeness (QED) is 0.205. The molecule has 3 heterocycles. The van der Waals surface area contributed by atoms with Gasteiger partial charge in [-0.25, -0.2) is 0 Å². The van der Waals surface area contributed by atoms with Crippen LogP contribution in [0.3, 0.4) is 0 Å². The Morgan fingerprint density at radius 1 is 0.353 bits per heavy atom. The first-order chi connectivity index (χ1) is 25.0. The highest BCUT2D eigenvalue weighted by Crippen LogP contribution is 2.72. The second-order valence-corrected chi connectivity index (χ2v) is 21.5. The van der Waals surface area contributed by atoms with Gasteiger partial charge in [-0.1, -0.05) is 0 Å². The van der Waals surface area contributed by atoms with Crippen molar-refractivity contribution in [3.05, 3.63) is 16.7 Å². The molecule has 1 aromatic rings. The maximum atomic E-state index is 7.61. The van der Waals surface area contributed by atoms with Gasteiger partial charge in [-0.2, -0.15) is 0 Å². The van der Waals surface area contributed by atoms with Crippen LogP contribution in [0.15, 0.2) is 0 Å². The molecule has 12 aliphatic carbocycles. The predicted octanol–water partition coefficient (Wildman–Crippen LogP) is 8.42. The lowest BCUT2D eigenvalue weighted by molar-refractivity contribution is -0.0218. The maximum Gasteiger partial charge on any atom is 0.169 e. The zero-order valence-corrected chi connectivity index (χ0v) is 30.8. The first kappa shape index (κ1) is 30.8. The summed E-state index contributed by atoms with van der Waals surface area (Å²) in [5.41, 5.74) is 5.22. The van der Waals surface area contributed by atoms with Crippen molar-refractivity contribution in [2.45, 2.75) is 150 Å². The molecule has 0 radical (unpaired) electrons. The normalized spacial score (nSPS) is 51.3. The number of benzene rings is 1. The van der Waals surface area contributed by atoms with Crippen molar-refractivity contribution in [3.63, 3.8) is 0 Å². The van der Waals surface area contributed by atoms with Crippen LogP contribution in [-0.4, -0.2) is 58.0 Å². The Bertz CT molecular complexity index is 1490. The molecule has 6 nitrogen and oxygen atoms in total. The lowest BCUT2D eigenvalue weighted by Crippen LogP contribution is -2.53. The molecule has 0 aromatic heterocycles. The third-order valence-electron chi connectivity index (χ3n) is 17.5. The molecule has 1 aromatic carbocycles. The largest absolute Gasteiger partial charge is 0.490 e. The van der Waals surface area contributed by atoms with E-state index in [1.54, 1.807) is 11.1 Å². The standard InChI is InChI=1S/C45H60O6/c1-25-2-27-3-26(1)11-43(10-25,12-27)37-38(44-13-28-4-29(14-44)6-30(5-28)15-44)41(50-23-35-20-47-35)42(51-24-36-21-48-36)39(40(37)49-22-34-19-46-34)45-16-31-7-32(17-45)9-33(8-31)18-45/h25-36H,1-24H2. The summed E-state index contributed by atoms with van der Waals surface area (Å²) >= 11 is 0. The van der Waals surface area contributed by atoms with Gasteiger partial charge in [0.2, 0.25) is 0 Å². The van der Waals surface area contributed by atoms with Crippen LogP contribution in [0.4, 0.5) is 0 Å². The van der Waals surface area contributed by atoms with Crippen molar-refractivity contribution in [2.75, 3.05) is 39.6 Å². The molecule has 0 N–H and O–H groups in total. The first-order valence-electron chi connectivity index (χ1n) is 22.0. The predicted molar refractivity (Wildman–Crippen MR) is 192 cm³/mol. The Labute approximate surface area is 304 Å². The van der Waals surface area contributed by atoms with Gasteiger partial charge in [0.15, 0.2) is 11.5 Å². The summed E-state index contributed by atoms with van der Waals surface area (Å²) < 4.78 is 40.2. The molecule has 15 aliphatic rings. The van der Waals surface area contributed by atoms with Gasteiger partial charge in [-0.3, -0.25) is 0 Å². The van der Waals surface area contributed by atoms with Gasteiger partial charge in [0.1, 0.15) is 43.9 Å². The molecule has 12 bridgehead atoms. The zero-order valence-electron chi connectivity index (χ0n) is 30.8. The number of epoxide rings is 3. The van der Waals surface area contributed by atoms with Gasteiger partial charge in [0.05, 0.1) is 19.8 Å². The second-order valence-electron chi connectivity index (χ2n) is 21.5. The van der Waals surface area contributed by atoms with Crippen molar-refractivity contribution < 1.29 is 28.4 Å². The van der Waals surface area contributed by atoms with E-state index < -0.39 is 0 Å². The number of hydrogen-bond acceptors (Lipinski definition) is 6. The van der Waals surface area contributed by atoms with E-state index in [1.807, 2.05) is 0 Å². The molecule has 3 aliphatic heterocycles. The van der Waals surface area contributed by atoms with Gasteiger partial charge in [0, 0.05) is 32.9 Å². The molecule has 16 rings (SSSR count). The maximum absolute atomic E-state index is 7.61. The molecule has 3 unspecified atom stereocenters. The van der Waals surface area contributed by atoms with Gasteiger partial charge in [0.25, 0.3) is 0 Å². The van der Waals surface area contributed by atoms with E-state index in [-0.39, 0.29) is 34.6 Å². The molecule has 51 heavy (non-hydrogen) atoms. The van der Waals surface area contributed by atoms with E-state index in [0.717, 1.165) is 78.8 Å². The number of ether oxygens (including phenoxy) is 6. The molecule has 12 saturated carbocycles. The van der Waals surface area contributed by atoms with Gasteiger partial charge >= 0.3 is 0 Å². The van der Waals surface area contributed by atoms with Crippen molar-refractivity contribution in [1.29, 1.82) is 0 Å². The third-order valence-corrected chi connectivity index (χ3v) is 17.5. The van der Waals surface area contributed by atoms with Crippen LogP contribution in [0.2, 0.25) is 0 Å². The van der Waals surface area contributed by atoms with Crippen LogP contribution in [0, 0.1) is 53.3 Å². The summed E-state index contributed by atoms with van der Waals surface area (Å²) in [6, 6.07) is 0. The van der Waals surface area contributed by atoms with Crippen LogP contribution in [-0.2, 0) is 30.5 Å². The lowest BCUT2D eigenvalue weighted by Gasteiger charge is -2.62. The summed E-state index contributed by atoms with van der Waals surface area (Å²) in [7, 11) is 0. The van der Waals surface area contributed by atoms with E-state index in [0.29, 0.717) is 19.8 Å². The van der Waals surface area contributed by atoms with Crippen LogP contribution < -0.4 is 14.2 Å². The minimum atomic E-state index is 0.111. The Morgan fingerprint density at radius 2 is 0.588 bits per heavy atom. The van der Waals surface area contributed by atoms with Crippen LogP contribution in [0.1, 0.15) is 132 Å². The molecule has 0 spiro atoms. The third kappa shape index (κ3) is 4.95. The van der Waals surface area contributed by atoms with E-state index in [4.69, 9.17) is 28.4 Å². The molecule has 276 valence electrons. The molecular formula is C45H60O6. The van der Waals surface area contributed by atoms with Crippen LogP contribution >= 0.6 is 0 Å². The molecular weight excluding hydrogens is 636 g/mol. The molecule has 0 amide bonds. The van der Waals surface area contributed by atoms with E-state index in [1.165, 1.54) is 133 Å². The number of rotatable bonds is 12. The Kier molecular flexibility index (Phi) is 6.54. The topological polar surface area (TPSA) is 65.3 Å². The average molecular weight is 697 g/mol. The Morgan fingerprint density at radius 3 is 0.882 bits per heavy atom. The van der Waals surface area contributed by atoms with Gasteiger partial charge < -0.3 is 28.4 Å². The van der Waals surface area contributed by atoms with E-state index >= 15 is 0 Å². The highest BCUT2D eigenvalue weighted by molar-refractivity contribution is 5.70. The molecule has 6 heteroatoms. The highest BCUT2D eigenvalue weighted by Gasteiger charge is 2.62.